The summed E-state index contributed by atoms with van der Waals surface area (Å²) in [6.07, 6.45) is 0. The lowest BCUT2D eigenvalue weighted by molar-refractivity contribution is 0.0991. The molecular formula is C17H20ClNO2. The number of hydrogen-bond donors (Lipinski definition) is 0. The van der Waals surface area contributed by atoms with Crippen LogP contribution in [0.1, 0.15) is 34.2 Å². The molecule has 1 aromatic heterocycles. The van der Waals surface area contributed by atoms with Crippen LogP contribution in [0, 0.1) is 20.8 Å². The maximum absolute atomic E-state index is 12.2. The number of ether oxygens (including phenoxy) is 1. The molecule has 0 aliphatic rings. The lowest BCUT2D eigenvalue weighted by Gasteiger charge is -2.14. The highest BCUT2D eigenvalue weighted by atomic mass is 35.5. The zero-order chi connectivity index (χ0) is 15.7. The fourth-order valence-electron chi connectivity index (χ4n) is 2.60. The zero-order valence-electron chi connectivity index (χ0n) is 13.0. The van der Waals surface area contributed by atoms with Crippen molar-refractivity contribution in [1.82, 2.24) is 4.57 Å². The minimum absolute atomic E-state index is 0.0396. The molecule has 1 unspecified atom stereocenters. The molecule has 0 radical (unpaired) electrons. The first kappa shape index (κ1) is 15.6. The number of carbonyl (C=O) groups excluding carboxylic acids is 1. The van der Waals surface area contributed by atoms with Gasteiger partial charge in [-0.25, -0.2) is 0 Å². The highest BCUT2D eigenvalue weighted by molar-refractivity contribution is 6.33. The van der Waals surface area contributed by atoms with E-state index in [-0.39, 0.29) is 5.78 Å². The molecular weight excluding hydrogens is 286 g/mol. The van der Waals surface area contributed by atoms with Crippen molar-refractivity contribution in [3.63, 3.8) is 0 Å². The third-order valence-electron chi connectivity index (χ3n) is 3.70. The number of methoxy groups -OCH3 is 1. The maximum atomic E-state index is 12.2. The molecule has 1 heterocycles. The molecule has 1 aromatic carbocycles. The normalized spacial score (nSPS) is 12.3. The Labute approximate surface area is 130 Å². The van der Waals surface area contributed by atoms with Crippen LogP contribution in [-0.4, -0.2) is 22.8 Å². The third kappa shape index (κ3) is 2.84. The van der Waals surface area contributed by atoms with Crippen LogP contribution in [0.5, 0.6) is 5.75 Å². The Morgan fingerprint density at radius 2 is 1.90 bits per heavy atom. The van der Waals surface area contributed by atoms with Crippen molar-refractivity contribution in [3.05, 3.63) is 46.8 Å². The molecule has 21 heavy (non-hydrogen) atoms. The molecule has 4 heteroatoms. The van der Waals surface area contributed by atoms with Gasteiger partial charge in [-0.2, -0.15) is 0 Å². The second-order valence-corrected chi connectivity index (χ2v) is 5.91. The number of carbonyl (C=O) groups is 1. The molecule has 2 aromatic rings. The van der Waals surface area contributed by atoms with Gasteiger partial charge in [-0.3, -0.25) is 4.79 Å². The van der Waals surface area contributed by atoms with Crippen LogP contribution in [0.4, 0.5) is 0 Å². The van der Waals surface area contributed by atoms with E-state index in [0.717, 1.165) is 28.4 Å². The minimum Gasteiger partial charge on any atom is -0.497 e. The van der Waals surface area contributed by atoms with Crippen molar-refractivity contribution in [2.75, 3.05) is 7.11 Å². The Morgan fingerprint density at radius 1 is 1.24 bits per heavy atom. The number of aromatic nitrogens is 1. The molecule has 1 atom stereocenters. The molecule has 0 bridgehead atoms. The second kappa shape index (κ2) is 5.94. The van der Waals surface area contributed by atoms with Crippen molar-refractivity contribution < 1.29 is 9.53 Å². The number of benzene rings is 1. The van der Waals surface area contributed by atoms with Crippen molar-refractivity contribution in [2.45, 2.75) is 33.1 Å². The van der Waals surface area contributed by atoms with E-state index in [1.165, 1.54) is 0 Å². The number of alkyl halides is 1. The van der Waals surface area contributed by atoms with Gasteiger partial charge in [-0.15, -0.1) is 11.6 Å². The van der Waals surface area contributed by atoms with Crippen LogP contribution >= 0.6 is 11.6 Å². The number of nitrogens with zero attached hydrogens (tertiary/aromatic N) is 1. The Kier molecular flexibility index (Phi) is 4.43. The summed E-state index contributed by atoms with van der Waals surface area (Å²) < 4.78 is 7.33. The second-order valence-electron chi connectivity index (χ2n) is 5.25. The van der Waals surface area contributed by atoms with Gasteiger partial charge in [0.2, 0.25) is 0 Å². The van der Waals surface area contributed by atoms with Crippen molar-refractivity contribution >= 4 is 17.4 Å². The van der Waals surface area contributed by atoms with E-state index >= 15 is 0 Å². The largest absolute Gasteiger partial charge is 0.497 e. The lowest BCUT2D eigenvalue weighted by Crippen LogP contribution is -2.12. The molecule has 0 fully saturated rings. The molecule has 0 spiro atoms. The standard InChI is InChI=1S/C17H20ClNO2/c1-10-8-14(21-5)6-7-16(10)19-11(2)9-15(13(19)4)17(20)12(3)18/h6-9,12H,1-5H3. The van der Waals surface area contributed by atoms with Crippen LogP contribution in [0.2, 0.25) is 0 Å². The van der Waals surface area contributed by atoms with Gasteiger partial charge >= 0.3 is 0 Å². The average molecular weight is 306 g/mol. The zero-order valence-corrected chi connectivity index (χ0v) is 13.8. The topological polar surface area (TPSA) is 31.2 Å². The van der Waals surface area contributed by atoms with E-state index in [1.54, 1.807) is 14.0 Å². The average Bonchev–Trinajstić information content (AvgIpc) is 2.73. The van der Waals surface area contributed by atoms with Gasteiger partial charge < -0.3 is 9.30 Å². The number of ketones is 1. The number of halogens is 1. The molecule has 3 nitrogen and oxygen atoms in total. The van der Waals surface area contributed by atoms with E-state index in [1.807, 2.05) is 45.0 Å². The van der Waals surface area contributed by atoms with Crippen LogP contribution in [-0.2, 0) is 0 Å². The van der Waals surface area contributed by atoms with E-state index in [4.69, 9.17) is 16.3 Å². The summed E-state index contributed by atoms with van der Waals surface area (Å²) in [5.41, 5.74) is 4.76. The summed E-state index contributed by atoms with van der Waals surface area (Å²) in [6, 6.07) is 7.82. The number of hydrogen-bond acceptors (Lipinski definition) is 2. The van der Waals surface area contributed by atoms with Gasteiger partial charge in [0.1, 0.15) is 5.75 Å². The van der Waals surface area contributed by atoms with Crippen LogP contribution in [0.15, 0.2) is 24.3 Å². The molecule has 0 aliphatic heterocycles. The first-order chi connectivity index (χ1) is 9.86. The summed E-state index contributed by atoms with van der Waals surface area (Å²) in [4.78, 5) is 12.2. The summed E-state index contributed by atoms with van der Waals surface area (Å²) >= 11 is 5.94. The molecule has 0 saturated carbocycles. The minimum atomic E-state index is -0.518. The van der Waals surface area contributed by atoms with Gasteiger partial charge in [0.25, 0.3) is 0 Å². The summed E-state index contributed by atoms with van der Waals surface area (Å²) in [6.45, 7) is 7.67. The summed E-state index contributed by atoms with van der Waals surface area (Å²) in [7, 11) is 1.65. The van der Waals surface area contributed by atoms with Gasteiger partial charge in [-0.1, -0.05) is 0 Å². The van der Waals surface area contributed by atoms with Gasteiger partial charge in [0.05, 0.1) is 12.5 Å². The maximum Gasteiger partial charge on any atom is 0.182 e. The van der Waals surface area contributed by atoms with Gasteiger partial charge in [0.15, 0.2) is 5.78 Å². The molecule has 0 saturated heterocycles. The molecule has 0 N–H and O–H groups in total. The van der Waals surface area contributed by atoms with Crippen LogP contribution < -0.4 is 4.74 Å². The van der Waals surface area contributed by atoms with Crippen LogP contribution in [0.3, 0.4) is 0 Å². The SMILES string of the molecule is COc1ccc(-n2c(C)cc(C(=O)C(C)Cl)c2C)c(C)c1. The van der Waals surface area contributed by atoms with Crippen LogP contribution in [0.25, 0.3) is 5.69 Å². The molecule has 2 rings (SSSR count). The Hall–Kier alpha value is -1.74. The Balaban J connectivity index is 2.58. The van der Waals surface area contributed by atoms with E-state index < -0.39 is 5.38 Å². The number of rotatable bonds is 4. The lowest BCUT2D eigenvalue weighted by atomic mass is 10.1. The van der Waals surface area contributed by atoms with E-state index in [2.05, 4.69) is 4.57 Å². The molecule has 112 valence electrons. The molecule has 0 amide bonds. The predicted octanol–water partition coefficient (Wildman–Crippen LogP) is 4.22. The highest BCUT2D eigenvalue weighted by Gasteiger charge is 2.20. The first-order valence-corrected chi connectivity index (χ1v) is 7.32. The van der Waals surface area contributed by atoms with Crippen molar-refractivity contribution in [2.24, 2.45) is 0 Å². The van der Waals surface area contributed by atoms with Crippen molar-refractivity contribution in [1.29, 1.82) is 0 Å². The fourth-order valence-corrected chi connectivity index (χ4v) is 2.72. The van der Waals surface area contributed by atoms with E-state index in [9.17, 15) is 4.79 Å². The quantitative estimate of drug-likeness (QED) is 0.625. The number of Topliss-reactive ketones (excluding diaryl/α,β-unsaturated/α-hetero) is 1. The smallest absolute Gasteiger partial charge is 0.182 e. The monoisotopic (exact) mass is 305 g/mol. The summed E-state index contributed by atoms with van der Waals surface area (Å²) in [5.74, 6) is 0.784. The van der Waals surface area contributed by atoms with E-state index in [0.29, 0.717) is 5.56 Å². The third-order valence-corrected chi connectivity index (χ3v) is 3.90. The highest BCUT2D eigenvalue weighted by Crippen LogP contribution is 2.27. The van der Waals surface area contributed by atoms with Gasteiger partial charge in [0, 0.05) is 22.6 Å². The van der Waals surface area contributed by atoms with Crippen molar-refractivity contribution in [3.8, 4) is 11.4 Å². The Bertz CT molecular complexity index is 686. The number of aryl methyl sites for hydroxylation is 2. The first-order valence-electron chi connectivity index (χ1n) is 6.89. The predicted molar refractivity (Wildman–Crippen MR) is 86.2 cm³/mol. The Morgan fingerprint density at radius 3 is 2.43 bits per heavy atom. The van der Waals surface area contributed by atoms with Gasteiger partial charge in [-0.05, 0) is 57.5 Å². The summed E-state index contributed by atoms with van der Waals surface area (Å²) in [5, 5.41) is -0.518. The molecule has 0 aliphatic carbocycles. The fraction of sp³-hybridized carbons (Fsp3) is 0.353.